The van der Waals surface area contributed by atoms with E-state index in [1.807, 2.05) is 0 Å². The smallest absolute Gasteiger partial charge is 0.183 e. The molecule has 2 heterocycles. The fourth-order valence-corrected chi connectivity index (χ4v) is 2.06. The Balaban J connectivity index is 1.74. The molecule has 1 N–H and O–H groups in total. The van der Waals surface area contributed by atoms with Gasteiger partial charge in [0.05, 0.1) is 6.10 Å². The summed E-state index contributed by atoms with van der Waals surface area (Å²) >= 11 is 1.67. The van der Waals surface area contributed by atoms with Crippen LogP contribution in [0.5, 0.6) is 0 Å². The summed E-state index contributed by atoms with van der Waals surface area (Å²) in [5.74, 6) is 0.981. The standard InChI is InChI=1S/C7H11N3OS/c1-2-6(11-3-1)4-12-7-8-5-9-10-7/h5-6H,1-4H2,(H,8,9,10). The zero-order valence-electron chi connectivity index (χ0n) is 6.69. The highest BCUT2D eigenvalue weighted by Crippen LogP contribution is 2.20. The summed E-state index contributed by atoms with van der Waals surface area (Å²) in [6, 6.07) is 0. The van der Waals surface area contributed by atoms with Gasteiger partial charge in [0, 0.05) is 12.4 Å². The van der Waals surface area contributed by atoms with Crippen LogP contribution in [0.25, 0.3) is 0 Å². The normalized spacial score (nSPS) is 23.2. The van der Waals surface area contributed by atoms with Crippen molar-refractivity contribution in [3.8, 4) is 0 Å². The van der Waals surface area contributed by atoms with Gasteiger partial charge in [-0.05, 0) is 12.8 Å². The summed E-state index contributed by atoms with van der Waals surface area (Å²) < 4.78 is 5.47. The van der Waals surface area contributed by atoms with Crippen molar-refractivity contribution >= 4 is 11.8 Å². The van der Waals surface area contributed by atoms with Crippen LogP contribution in [-0.2, 0) is 4.74 Å². The second-order valence-corrected chi connectivity index (χ2v) is 3.75. The van der Waals surface area contributed by atoms with Crippen LogP contribution in [0.15, 0.2) is 11.5 Å². The van der Waals surface area contributed by atoms with Gasteiger partial charge in [0.2, 0.25) is 0 Å². The van der Waals surface area contributed by atoms with Crippen molar-refractivity contribution in [3.05, 3.63) is 6.33 Å². The quantitative estimate of drug-likeness (QED) is 0.716. The van der Waals surface area contributed by atoms with Crippen LogP contribution in [0.3, 0.4) is 0 Å². The first-order chi connectivity index (χ1) is 5.95. The van der Waals surface area contributed by atoms with E-state index in [1.54, 1.807) is 11.8 Å². The second kappa shape index (κ2) is 3.91. The maximum atomic E-state index is 5.47. The highest BCUT2D eigenvalue weighted by atomic mass is 32.2. The van der Waals surface area contributed by atoms with E-state index in [4.69, 9.17) is 4.74 Å². The van der Waals surface area contributed by atoms with E-state index in [2.05, 4.69) is 15.2 Å². The minimum Gasteiger partial charge on any atom is -0.377 e. The van der Waals surface area contributed by atoms with Crippen molar-refractivity contribution in [1.82, 2.24) is 15.2 Å². The van der Waals surface area contributed by atoms with Crippen molar-refractivity contribution < 1.29 is 4.74 Å². The van der Waals surface area contributed by atoms with Gasteiger partial charge in [0.15, 0.2) is 5.16 Å². The lowest BCUT2D eigenvalue weighted by molar-refractivity contribution is 0.129. The van der Waals surface area contributed by atoms with Crippen molar-refractivity contribution in [3.63, 3.8) is 0 Å². The molecule has 4 nitrogen and oxygen atoms in total. The first-order valence-electron chi connectivity index (χ1n) is 4.05. The lowest BCUT2D eigenvalue weighted by atomic mass is 10.3. The Kier molecular flexibility index (Phi) is 2.63. The number of H-pyrrole nitrogens is 1. The fraction of sp³-hybridized carbons (Fsp3) is 0.714. The van der Waals surface area contributed by atoms with Gasteiger partial charge < -0.3 is 4.74 Å². The Morgan fingerprint density at radius 3 is 3.42 bits per heavy atom. The zero-order chi connectivity index (χ0) is 8.23. The Bertz CT molecular complexity index is 221. The topological polar surface area (TPSA) is 50.8 Å². The van der Waals surface area contributed by atoms with Gasteiger partial charge >= 0.3 is 0 Å². The molecular weight excluding hydrogens is 174 g/mol. The molecule has 1 aromatic heterocycles. The van der Waals surface area contributed by atoms with E-state index < -0.39 is 0 Å². The van der Waals surface area contributed by atoms with Crippen LogP contribution in [-0.4, -0.2) is 33.6 Å². The number of ether oxygens (including phenoxy) is 1. The number of aromatic nitrogens is 3. The van der Waals surface area contributed by atoms with Crippen LogP contribution < -0.4 is 0 Å². The van der Waals surface area contributed by atoms with Crippen molar-refractivity contribution in [2.45, 2.75) is 24.1 Å². The molecule has 1 saturated heterocycles. The number of hydrogen-bond acceptors (Lipinski definition) is 4. The summed E-state index contributed by atoms with van der Waals surface area (Å²) in [6.45, 7) is 0.918. The molecule has 0 aromatic carbocycles. The summed E-state index contributed by atoms with van der Waals surface area (Å²) in [5.41, 5.74) is 0. The number of rotatable bonds is 3. The third-order valence-corrected chi connectivity index (χ3v) is 2.83. The molecule has 1 aliphatic rings. The lowest BCUT2D eigenvalue weighted by Gasteiger charge is -2.05. The van der Waals surface area contributed by atoms with E-state index in [0.29, 0.717) is 6.10 Å². The third kappa shape index (κ3) is 1.98. The van der Waals surface area contributed by atoms with Crippen LogP contribution in [0.4, 0.5) is 0 Å². The van der Waals surface area contributed by atoms with Crippen LogP contribution in [0.1, 0.15) is 12.8 Å². The van der Waals surface area contributed by atoms with Gasteiger partial charge in [0.25, 0.3) is 0 Å². The molecule has 12 heavy (non-hydrogen) atoms. The molecule has 1 unspecified atom stereocenters. The molecular formula is C7H11N3OS. The number of aromatic amines is 1. The largest absolute Gasteiger partial charge is 0.377 e. The van der Waals surface area contributed by atoms with Crippen molar-refractivity contribution in [1.29, 1.82) is 0 Å². The van der Waals surface area contributed by atoms with Crippen LogP contribution in [0.2, 0.25) is 0 Å². The Labute approximate surface area is 75.1 Å². The highest BCUT2D eigenvalue weighted by molar-refractivity contribution is 7.99. The van der Waals surface area contributed by atoms with Crippen molar-refractivity contribution in [2.75, 3.05) is 12.4 Å². The molecule has 66 valence electrons. The molecule has 0 spiro atoms. The van der Waals surface area contributed by atoms with Gasteiger partial charge in [-0.25, -0.2) is 4.98 Å². The summed E-state index contributed by atoms with van der Waals surface area (Å²) in [7, 11) is 0. The van der Waals surface area contributed by atoms with Crippen molar-refractivity contribution in [2.24, 2.45) is 0 Å². The van der Waals surface area contributed by atoms with E-state index in [0.717, 1.165) is 17.5 Å². The average molecular weight is 185 g/mol. The molecule has 1 fully saturated rings. The van der Waals surface area contributed by atoms with Gasteiger partial charge in [-0.1, -0.05) is 11.8 Å². The number of nitrogens with one attached hydrogen (secondary N) is 1. The first-order valence-corrected chi connectivity index (χ1v) is 5.03. The monoisotopic (exact) mass is 185 g/mol. The highest BCUT2D eigenvalue weighted by Gasteiger charge is 2.15. The zero-order valence-corrected chi connectivity index (χ0v) is 7.51. The lowest BCUT2D eigenvalue weighted by Crippen LogP contribution is -2.07. The summed E-state index contributed by atoms with van der Waals surface area (Å²) in [5, 5.41) is 7.46. The molecule has 1 atom stereocenters. The molecule has 0 saturated carbocycles. The maximum Gasteiger partial charge on any atom is 0.183 e. The summed E-state index contributed by atoms with van der Waals surface area (Å²) in [6.07, 6.45) is 4.32. The molecule has 0 amide bonds. The summed E-state index contributed by atoms with van der Waals surface area (Å²) in [4.78, 5) is 4.02. The molecule has 0 radical (unpaired) electrons. The second-order valence-electron chi connectivity index (χ2n) is 2.74. The van der Waals surface area contributed by atoms with E-state index >= 15 is 0 Å². The molecule has 0 bridgehead atoms. The Hall–Kier alpha value is -0.550. The van der Waals surface area contributed by atoms with E-state index in [-0.39, 0.29) is 0 Å². The van der Waals surface area contributed by atoms with Gasteiger partial charge in [-0.15, -0.1) is 0 Å². The maximum absolute atomic E-state index is 5.47. The average Bonchev–Trinajstić information content (AvgIpc) is 2.74. The van der Waals surface area contributed by atoms with E-state index in [9.17, 15) is 0 Å². The Morgan fingerprint density at radius 1 is 1.75 bits per heavy atom. The fourth-order valence-electron chi connectivity index (χ4n) is 1.21. The van der Waals surface area contributed by atoms with Crippen LogP contribution in [0, 0.1) is 0 Å². The Morgan fingerprint density at radius 2 is 2.75 bits per heavy atom. The molecule has 2 rings (SSSR count). The van der Waals surface area contributed by atoms with Gasteiger partial charge in [-0.2, -0.15) is 5.10 Å². The van der Waals surface area contributed by atoms with E-state index in [1.165, 1.54) is 19.2 Å². The SMILES string of the molecule is c1n[nH]c(SCC2CCCO2)n1. The third-order valence-electron chi connectivity index (χ3n) is 1.82. The predicted molar refractivity (Wildman–Crippen MR) is 46.1 cm³/mol. The molecule has 1 aliphatic heterocycles. The van der Waals surface area contributed by atoms with Gasteiger partial charge in [-0.3, -0.25) is 5.10 Å². The number of nitrogens with zero attached hydrogens (tertiary/aromatic N) is 2. The van der Waals surface area contributed by atoms with Gasteiger partial charge in [0.1, 0.15) is 6.33 Å². The minimum atomic E-state index is 0.417. The molecule has 1 aromatic rings. The number of thioether (sulfide) groups is 1. The first kappa shape index (κ1) is 8.07. The molecule has 5 heteroatoms. The van der Waals surface area contributed by atoms with Crippen LogP contribution >= 0.6 is 11.8 Å². The minimum absolute atomic E-state index is 0.417. The number of hydrogen-bond donors (Lipinski definition) is 1. The predicted octanol–water partition coefficient (Wildman–Crippen LogP) is 1.08. The molecule has 0 aliphatic carbocycles.